The standard InChI is InChI=1S/C13H9BrClN3O/c14-8-5-11-13(16-6-8)18-12(17-11)7-19-10-3-1-9(15)2-4-10/h1-6H,7H2,(H,16,17,18). The van der Waals surface area contributed by atoms with Gasteiger partial charge >= 0.3 is 0 Å². The number of H-pyrrole nitrogens is 1. The second-order valence-corrected chi connectivity index (χ2v) is 5.30. The molecular formula is C13H9BrClN3O. The van der Waals surface area contributed by atoms with Crippen LogP contribution in [0.15, 0.2) is 41.0 Å². The Hall–Kier alpha value is -1.59. The zero-order chi connectivity index (χ0) is 13.2. The highest BCUT2D eigenvalue weighted by molar-refractivity contribution is 9.10. The molecule has 96 valence electrons. The first-order valence-corrected chi connectivity index (χ1v) is 6.76. The van der Waals surface area contributed by atoms with Gasteiger partial charge in [-0.3, -0.25) is 0 Å². The highest BCUT2D eigenvalue weighted by atomic mass is 79.9. The Morgan fingerprint density at radius 1 is 1.26 bits per heavy atom. The number of hydrogen-bond donors (Lipinski definition) is 1. The molecule has 0 radical (unpaired) electrons. The van der Waals surface area contributed by atoms with Crippen molar-refractivity contribution in [2.45, 2.75) is 6.61 Å². The van der Waals surface area contributed by atoms with Gasteiger partial charge < -0.3 is 9.72 Å². The molecular weight excluding hydrogens is 330 g/mol. The van der Waals surface area contributed by atoms with Gasteiger partial charge in [-0.25, -0.2) is 9.97 Å². The van der Waals surface area contributed by atoms with E-state index >= 15 is 0 Å². The lowest BCUT2D eigenvalue weighted by atomic mass is 10.3. The number of nitrogens with zero attached hydrogens (tertiary/aromatic N) is 2. The third kappa shape index (κ3) is 2.88. The number of nitrogens with one attached hydrogen (secondary N) is 1. The summed E-state index contributed by atoms with van der Waals surface area (Å²) in [6, 6.07) is 9.14. The number of halogens is 2. The number of aromatic amines is 1. The van der Waals surface area contributed by atoms with Gasteiger partial charge in [-0.15, -0.1) is 0 Å². The molecule has 0 atom stereocenters. The van der Waals surface area contributed by atoms with Gasteiger partial charge in [0.15, 0.2) is 5.65 Å². The molecule has 1 aromatic carbocycles. The first-order valence-electron chi connectivity index (χ1n) is 5.59. The number of imidazole rings is 1. The molecule has 3 aromatic rings. The van der Waals surface area contributed by atoms with Crippen LogP contribution in [0.2, 0.25) is 5.02 Å². The molecule has 0 amide bonds. The summed E-state index contributed by atoms with van der Waals surface area (Å²) in [5.41, 5.74) is 1.56. The average molecular weight is 339 g/mol. The van der Waals surface area contributed by atoms with Crippen LogP contribution < -0.4 is 4.74 Å². The van der Waals surface area contributed by atoms with Gasteiger partial charge in [0, 0.05) is 15.7 Å². The smallest absolute Gasteiger partial charge is 0.177 e. The Balaban J connectivity index is 1.76. The Morgan fingerprint density at radius 2 is 2.05 bits per heavy atom. The van der Waals surface area contributed by atoms with Crippen molar-refractivity contribution in [1.29, 1.82) is 0 Å². The van der Waals surface area contributed by atoms with Crippen LogP contribution in [0.25, 0.3) is 11.2 Å². The fraction of sp³-hybridized carbons (Fsp3) is 0.0769. The Bertz CT molecular complexity index is 711. The molecule has 3 rings (SSSR count). The van der Waals surface area contributed by atoms with Crippen molar-refractivity contribution in [3.63, 3.8) is 0 Å². The quantitative estimate of drug-likeness (QED) is 0.786. The van der Waals surface area contributed by atoms with Gasteiger partial charge in [0.05, 0.1) is 5.52 Å². The number of ether oxygens (including phenoxy) is 1. The van der Waals surface area contributed by atoms with Crippen LogP contribution in [-0.2, 0) is 6.61 Å². The van der Waals surface area contributed by atoms with Crippen molar-refractivity contribution < 1.29 is 4.74 Å². The van der Waals surface area contributed by atoms with Crippen LogP contribution in [0.5, 0.6) is 5.75 Å². The van der Waals surface area contributed by atoms with E-state index in [1.54, 1.807) is 18.3 Å². The van der Waals surface area contributed by atoms with Crippen LogP contribution in [0.4, 0.5) is 0 Å². The zero-order valence-electron chi connectivity index (χ0n) is 9.73. The predicted octanol–water partition coefficient (Wildman–Crippen LogP) is 3.95. The Labute approximate surface area is 122 Å². The van der Waals surface area contributed by atoms with Gasteiger partial charge in [0.1, 0.15) is 18.2 Å². The summed E-state index contributed by atoms with van der Waals surface area (Å²) in [5, 5.41) is 0.685. The van der Waals surface area contributed by atoms with E-state index in [0.29, 0.717) is 17.3 Å². The molecule has 6 heteroatoms. The van der Waals surface area contributed by atoms with E-state index in [1.165, 1.54) is 0 Å². The summed E-state index contributed by atoms with van der Waals surface area (Å²) in [5.74, 6) is 1.48. The van der Waals surface area contributed by atoms with Crippen LogP contribution in [0.1, 0.15) is 5.82 Å². The van der Waals surface area contributed by atoms with Gasteiger partial charge in [0.25, 0.3) is 0 Å². The van der Waals surface area contributed by atoms with E-state index < -0.39 is 0 Å². The van der Waals surface area contributed by atoms with E-state index in [1.807, 2.05) is 18.2 Å². The molecule has 0 spiro atoms. The van der Waals surface area contributed by atoms with Crippen molar-refractivity contribution in [1.82, 2.24) is 15.0 Å². The molecule has 0 aliphatic rings. The minimum absolute atomic E-state index is 0.357. The summed E-state index contributed by atoms with van der Waals surface area (Å²) in [6.45, 7) is 0.357. The molecule has 2 heterocycles. The number of benzene rings is 1. The molecule has 0 saturated heterocycles. The normalized spacial score (nSPS) is 10.8. The van der Waals surface area contributed by atoms with E-state index in [-0.39, 0.29) is 0 Å². The SMILES string of the molecule is Clc1ccc(OCc2nc3ncc(Br)cc3[nH]2)cc1. The van der Waals surface area contributed by atoms with Crippen LogP contribution >= 0.6 is 27.5 Å². The number of hydrogen-bond acceptors (Lipinski definition) is 3. The first-order chi connectivity index (χ1) is 9.20. The van der Waals surface area contributed by atoms with Gasteiger partial charge in [-0.2, -0.15) is 0 Å². The lowest BCUT2D eigenvalue weighted by molar-refractivity contribution is 0.297. The second kappa shape index (κ2) is 5.19. The average Bonchev–Trinajstić information content (AvgIpc) is 2.80. The zero-order valence-corrected chi connectivity index (χ0v) is 12.1. The minimum atomic E-state index is 0.357. The maximum Gasteiger partial charge on any atom is 0.177 e. The summed E-state index contributed by atoms with van der Waals surface area (Å²) in [4.78, 5) is 11.7. The maximum absolute atomic E-state index is 5.81. The Morgan fingerprint density at radius 3 is 2.84 bits per heavy atom. The third-order valence-electron chi connectivity index (χ3n) is 2.54. The largest absolute Gasteiger partial charge is 0.486 e. The third-order valence-corrected chi connectivity index (χ3v) is 3.23. The van der Waals surface area contributed by atoms with E-state index in [9.17, 15) is 0 Å². The Kier molecular flexibility index (Phi) is 3.40. The van der Waals surface area contributed by atoms with Gasteiger partial charge in [-0.1, -0.05) is 11.6 Å². The monoisotopic (exact) mass is 337 g/mol. The number of fused-ring (bicyclic) bond motifs is 1. The molecule has 0 aliphatic heterocycles. The van der Waals surface area contributed by atoms with E-state index in [0.717, 1.165) is 21.6 Å². The molecule has 2 aromatic heterocycles. The topological polar surface area (TPSA) is 50.8 Å². The van der Waals surface area contributed by atoms with E-state index in [2.05, 4.69) is 30.9 Å². The molecule has 0 saturated carbocycles. The molecule has 1 N–H and O–H groups in total. The van der Waals surface area contributed by atoms with E-state index in [4.69, 9.17) is 16.3 Å². The molecule has 0 bridgehead atoms. The van der Waals surface area contributed by atoms with Crippen molar-refractivity contribution in [2.75, 3.05) is 0 Å². The van der Waals surface area contributed by atoms with Crippen molar-refractivity contribution in [3.8, 4) is 5.75 Å². The minimum Gasteiger partial charge on any atom is -0.486 e. The molecule has 19 heavy (non-hydrogen) atoms. The summed E-state index contributed by atoms with van der Waals surface area (Å²) in [7, 11) is 0. The van der Waals surface area contributed by atoms with Crippen LogP contribution in [0.3, 0.4) is 0 Å². The summed E-state index contributed by atoms with van der Waals surface area (Å²) >= 11 is 9.18. The molecule has 0 aliphatic carbocycles. The number of aromatic nitrogens is 3. The maximum atomic E-state index is 5.81. The summed E-state index contributed by atoms with van der Waals surface area (Å²) < 4.78 is 6.53. The first kappa shape index (κ1) is 12.4. The highest BCUT2D eigenvalue weighted by Gasteiger charge is 2.05. The number of pyridine rings is 1. The fourth-order valence-corrected chi connectivity index (χ4v) is 2.13. The van der Waals surface area contributed by atoms with Crippen molar-refractivity contribution >= 4 is 38.7 Å². The lowest BCUT2D eigenvalue weighted by Crippen LogP contribution is -1.97. The van der Waals surface area contributed by atoms with Crippen LogP contribution in [0, 0.1) is 0 Å². The van der Waals surface area contributed by atoms with Crippen molar-refractivity contribution in [3.05, 3.63) is 51.8 Å². The lowest BCUT2D eigenvalue weighted by Gasteiger charge is -2.03. The molecule has 4 nitrogen and oxygen atoms in total. The highest BCUT2D eigenvalue weighted by Crippen LogP contribution is 2.18. The second-order valence-electron chi connectivity index (χ2n) is 3.95. The van der Waals surface area contributed by atoms with Crippen molar-refractivity contribution in [2.24, 2.45) is 0 Å². The van der Waals surface area contributed by atoms with Gasteiger partial charge in [0.2, 0.25) is 0 Å². The van der Waals surface area contributed by atoms with Gasteiger partial charge in [-0.05, 0) is 46.3 Å². The number of rotatable bonds is 3. The molecule has 0 unspecified atom stereocenters. The summed E-state index contributed by atoms with van der Waals surface area (Å²) in [6.07, 6.45) is 1.72. The van der Waals surface area contributed by atoms with Crippen LogP contribution in [-0.4, -0.2) is 15.0 Å². The fourth-order valence-electron chi connectivity index (χ4n) is 1.68. The molecule has 0 fully saturated rings. The predicted molar refractivity (Wildman–Crippen MR) is 77.4 cm³/mol.